The summed E-state index contributed by atoms with van der Waals surface area (Å²) in [6, 6.07) is 28.7. The van der Waals surface area contributed by atoms with Gasteiger partial charge in [-0.25, -0.2) is 4.39 Å². The molecule has 3 aromatic rings. The van der Waals surface area contributed by atoms with Gasteiger partial charge in [-0.1, -0.05) is 127 Å². The summed E-state index contributed by atoms with van der Waals surface area (Å²) >= 11 is 0. The summed E-state index contributed by atoms with van der Waals surface area (Å²) in [5.74, 6) is 0.878. The molecule has 43 heavy (non-hydrogen) atoms. The Kier molecular flexibility index (Phi) is 10.7. The number of halogens is 1. The van der Waals surface area contributed by atoms with E-state index in [9.17, 15) is 4.39 Å². The molecule has 0 fully saturated rings. The van der Waals surface area contributed by atoms with Crippen LogP contribution in [-0.2, 0) is 9.16 Å². The topological polar surface area (TPSA) is 21.7 Å². The first-order valence-corrected chi connectivity index (χ1v) is 17.7. The lowest BCUT2D eigenvalue weighted by molar-refractivity contribution is 0.128. The highest BCUT2D eigenvalue weighted by molar-refractivity contribution is 6.99. The number of benzene rings is 3. The van der Waals surface area contributed by atoms with Crippen molar-refractivity contribution in [1.82, 2.24) is 4.90 Å². The number of unbranched alkanes of at least 4 members (excludes halogenated alkanes) is 2. The normalized spacial score (nSPS) is 16.3. The second-order valence-corrected chi connectivity index (χ2v) is 17.3. The number of hydrogen-bond acceptors (Lipinski definition) is 3. The zero-order valence-corrected chi connectivity index (χ0v) is 28.4. The molecule has 3 aromatic carbocycles. The van der Waals surface area contributed by atoms with Gasteiger partial charge in [0.15, 0.2) is 0 Å². The zero-order chi connectivity index (χ0) is 31.2. The third-order valence-corrected chi connectivity index (χ3v) is 13.7. The number of nitrogens with zero attached hydrogens (tertiary/aromatic N) is 1. The number of hydrogen-bond donors (Lipinski definition) is 0. The van der Waals surface area contributed by atoms with E-state index >= 15 is 0 Å². The fourth-order valence-corrected chi connectivity index (χ4v) is 11.2. The van der Waals surface area contributed by atoms with Crippen LogP contribution in [0, 0.1) is 11.7 Å². The molecule has 1 heterocycles. The molecule has 1 atom stereocenters. The Morgan fingerprint density at radius 3 is 1.88 bits per heavy atom. The first-order valence-electron chi connectivity index (χ1n) is 15.8. The molecule has 0 N–H and O–H groups in total. The fraction of sp³-hybridized carbons (Fsp3) is 0.421. The van der Waals surface area contributed by atoms with E-state index in [1.165, 1.54) is 15.9 Å². The van der Waals surface area contributed by atoms with Gasteiger partial charge in [0, 0.05) is 19.7 Å². The van der Waals surface area contributed by atoms with Gasteiger partial charge in [-0.05, 0) is 57.4 Å². The Balaban J connectivity index is 2.11. The van der Waals surface area contributed by atoms with Crippen LogP contribution in [0.15, 0.2) is 102 Å². The minimum Gasteiger partial charge on any atom is -0.532 e. The van der Waals surface area contributed by atoms with Gasteiger partial charge >= 0.3 is 8.32 Å². The summed E-state index contributed by atoms with van der Waals surface area (Å²) in [4.78, 5) is 2.40. The van der Waals surface area contributed by atoms with Crippen LogP contribution < -0.4 is 10.4 Å². The van der Waals surface area contributed by atoms with Crippen LogP contribution in [0.3, 0.4) is 0 Å². The van der Waals surface area contributed by atoms with Crippen LogP contribution in [0.25, 0.3) is 5.57 Å². The van der Waals surface area contributed by atoms with E-state index in [1.807, 2.05) is 12.1 Å². The molecule has 1 aliphatic heterocycles. The molecule has 0 bridgehead atoms. The van der Waals surface area contributed by atoms with Crippen LogP contribution in [0.2, 0.25) is 5.04 Å². The summed E-state index contributed by atoms with van der Waals surface area (Å²) < 4.78 is 28.1. The molecule has 0 aromatic heterocycles. The molecule has 1 unspecified atom stereocenters. The summed E-state index contributed by atoms with van der Waals surface area (Å²) in [5, 5.41) is 2.26. The molecule has 0 aliphatic carbocycles. The number of methoxy groups -OCH3 is 1. The van der Waals surface area contributed by atoms with Crippen LogP contribution in [-0.4, -0.2) is 40.0 Å². The lowest BCUT2D eigenvalue weighted by atomic mass is 9.84. The van der Waals surface area contributed by atoms with Crippen molar-refractivity contribution in [2.75, 3.05) is 20.8 Å². The zero-order valence-electron chi connectivity index (χ0n) is 27.4. The van der Waals surface area contributed by atoms with Gasteiger partial charge in [0.25, 0.3) is 0 Å². The predicted octanol–water partition coefficient (Wildman–Crippen LogP) is 8.56. The van der Waals surface area contributed by atoms with Crippen molar-refractivity contribution < 1.29 is 13.6 Å². The number of likely N-dealkylation sites (N-methyl/N-ethyl adjacent to an activating group) is 1. The van der Waals surface area contributed by atoms with Gasteiger partial charge in [0.1, 0.15) is 11.6 Å². The molecule has 0 spiro atoms. The minimum atomic E-state index is -2.97. The van der Waals surface area contributed by atoms with Crippen LogP contribution in [0.4, 0.5) is 4.39 Å². The van der Waals surface area contributed by atoms with Crippen molar-refractivity contribution in [1.29, 1.82) is 0 Å². The van der Waals surface area contributed by atoms with Crippen LogP contribution >= 0.6 is 0 Å². The molecule has 0 radical (unpaired) electrons. The SMILES string of the molecule is CCCCCC1=C(c2ccc(F)cc2)C(O[Si](c2ccccc2)(c2ccccc2)C(C)(C)C)=C(C(C)C)N(C)C1COC. The van der Waals surface area contributed by atoms with Crippen LogP contribution in [0.5, 0.6) is 0 Å². The van der Waals surface area contributed by atoms with Crippen molar-refractivity contribution in [3.63, 3.8) is 0 Å². The number of allylic oxidation sites excluding steroid dienone is 2. The molecule has 5 heteroatoms. The maximum atomic E-state index is 14.4. The molecule has 230 valence electrons. The highest BCUT2D eigenvalue weighted by Crippen LogP contribution is 2.47. The lowest BCUT2D eigenvalue weighted by Crippen LogP contribution is -2.66. The second kappa shape index (κ2) is 14.1. The highest BCUT2D eigenvalue weighted by atomic mass is 28.4. The van der Waals surface area contributed by atoms with E-state index in [1.54, 1.807) is 19.2 Å². The number of rotatable bonds is 12. The Morgan fingerprint density at radius 1 is 0.860 bits per heavy atom. The summed E-state index contributed by atoms with van der Waals surface area (Å²) in [6.45, 7) is 14.3. The van der Waals surface area contributed by atoms with Gasteiger partial charge < -0.3 is 14.1 Å². The maximum Gasteiger partial charge on any atom is 0.320 e. The third-order valence-electron chi connectivity index (χ3n) is 8.76. The maximum absolute atomic E-state index is 14.4. The smallest absolute Gasteiger partial charge is 0.320 e. The van der Waals surface area contributed by atoms with Gasteiger partial charge in [0.2, 0.25) is 0 Å². The number of ether oxygens (including phenoxy) is 1. The van der Waals surface area contributed by atoms with E-state index in [0.29, 0.717) is 6.61 Å². The minimum absolute atomic E-state index is 0.0609. The van der Waals surface area contributed by atoms with E-state index in [0.717, 1.165) is 48.3 Å². The van der Waals surface area contributed by atoms with Gasteiger partial charge in [-0.2, -0.15) is 0 Å². The summed E-state index contributed by atoms with van der Waals surface area (Å²) in [7, 11) is 0.998. The molecular formula is C38H50FNO2Si. The highest BCUT2D eigenvalue weighted by Gasteiger charge is 2.53. The van der Waals surface area contributed by atoms with Crippen molar-refractivity contribution in [3.05, 3.63) is 113 Å². The molecule has 1 aliphatic rings. The van der Waals surface area contributed by atoms with E-state index in [2.05, 4.69) is 114 Å². The second-order valence-electron chi connectivity index (χ2n) is 13.1. The summed E-state index contributed by atoms with van der Waals surface area (Å²) in [5.41, 5.74) is 4.57. The average molecular weight is 600 g/mol. The Hall–Kier alpha value is -3.15. The monoisotopic (exact) mass is 599 g/mol. The van der Waals surface area contributed by atoms with E-state index < -0.39 is 8.32 Å². The quantitative estimate of drug-likeness (QED) is 0.154. The molecule has 0 saturated carbocycles. The predicted molar refractivity (Wildman–Crippen MR) is 181 cm³/mol. The van der Waals surface area contributed by atoms with Gasteiger partial charge in [0.05, 0.1) is 18.3 Å². The van der Waals surface area contributed by atoms with E-state index in [-0.39, 0.29) is 22.8 Å². The third kappa shape index (κ3) is 6.68. The first-order chi connectivity index (χ1) is 20.6. The van der Waals surface area contributed by atoms with Gasteiger partial charge in [-0.15, -0.1) is 0 Å². The van der Waals surface area contributed by atoms with Crippen molar-refractivity contribution in [3.8, 4) is 0 Å². The molecular weight excluding hydrogens is 550 g/mol. The molecule has 4 rings (SSSR count). The first kappa shape index (κ1) is 32.8. The Bertz CT molecular complexity index is 1350. The van der Waals surface area contributed by atoms with Crippen molar-refractivity contribution in [2.24, 2.45) is 5.92 Å². The largest absolute Gasteiger partial charge is 0.532 e. The molecule has 0 saturated heterocycles. The summed E-state index contributed by atoms with van der Waals surface area (Å²) in [6.07, 6.45) is 4.30. The molecule has 3 nitrogen and oxygen atoms in total. The fourth-order valence-electron chi connectivity index (χ4n) is 6.74. The Morgan fingerprint density at radius 2 is 1.42 bits per heavy atom. The van der Waals surface area contributed by atoms with Gasteiger partial charge in [-0.3, -0.25) is 0 Å². The Labute approximate surface area is 260 Å². The average Bonchev–Trinajstić information content (AvgIpc) is 2.98. The molecule has 0 amide bonds. The standard InChI is InChI=1S/C38H50FNO2Si/c1-9-10-13-22-33-34(27-41-8)40(7)36(28(2)3)37(35(33)29-23-25-30(39)26-24-29)42-43(38(4,5)6,31-18-14-11-15-19-31)32-20-16-12-17-21-32/h11-12,14-21,23-26,28,34H,9-10,13,22,27H2,1-8H3. The lowest BCUT2D eigenvalue weighted by Gasteiger charge is -2.48. The van der Waals surface area contributed by atoms with Crippen molar-refractivity contribution >= 4 is 24.3 Å². The van der Waals surface area contributed by atoms with E-state index in [4.69, 9.17) is 9.16 Å². The van der Waals surface area contributed by atoms with Crippen molar-refractivity contribution in [2.45, 2.75) is 78.3 Å². The van der Waals surface area contributed by atoms with Crippen LogP contribution in [0.1, 0.15) is 72.8 Å².